The number of hydrogen-bond donors (Lipinski definition) is 1. The zero-order valence-corrected chi connectivity index (χ0v) is 23.5. The molecule has 4 atom stereocenters. The highest BCUT2D eigenvalue weighted by atomic mass is 32.2. The lowest BCUT2D eigenvalue weighted by atomic mass is 9.78. The van der Waals surface area contributed by atoms with Crippen LogP contribution in [-0.4, -0.2) is 55.2 Å². The van der Waals surface area contributed by atoms with Crippen molar-refractivity contribution in [3.8, 4) is 0 Å². The van der Waals surface area contributed by atoms with Crippen LogP contribution in [0.25, 0.3) is 10.9 Å². The van der Waals surface area contributed by atoms with Gasteiger partial charge >= 0.3 is 5.97 Å². The summed E-state index contributed by atoms with van der Waals surface area (Å²) >= 11 is 0. The Balaban J connectivity index is 1.63. The van der Waals surface area contributed by atoms with Crippen LogP contribution in [0.15, 0.2) is 77.9 Å². The molecule has 0 spiro atoms. The van der Waals surface area contributed by atoms with E-state index in [-0.39, 0.29) is 29.1 Å². The first-order valence-corrected chi connectivity index (χ1v) is 14.7. The minimum atomic E-state index is -4.11. The molecule has 0 fully saturated rings. The molecule has 2 aromatic carbocycles. The lowest BCUT2D eigenvalue weighted by molar-refractivity contribution is -0.384. The summed E-state index contributed by atoms with van der Waals surface area (Å²) in [6, 6.07) is 11.9. The number of hydrogen-bond acceptors (Lipinski definition) is 8. The van der Waals surface area contributed by atoms with E-state index in [0.717, 1.165) is 22.2 Å². The number of sulfonamides is 1. The van der Waals surface area contributed by atoms with Crippen LogP contribution in [0.2, 0.25) is 0 Å². The van der Waals surface area contributed by atoms with Gasteiger partial charge in [0.2, 0.25) is 16.3 Å². The lowest BCUT2D eigenvalue weighted by Gasteiger charge is -2.41. The first-order chi connectivity index (χ1) is 19.7. The molecule has 1 aromatic heterocycles. The third-order valence-corrected chi connectivity index (χ3v) is 9.70. The zero-order chi connectivity index (χ0) is 29.3. The number of carbonyl (C=O) groups excluding carboxylic acids is 1. The summed E-state index contributed by atoms with van der Waals surface area (Å²) in [5.74, 6) is -1.62. The number of ether oxygens (including phenoxy) is 3. The van der Waals surface area contributed by atoms with Crippen LogP contribution in [0.1, 0.15) is 30.6 Å². The van der Waals surface area contributed by atoms with Gasteiger partial charge in [-0.1, -0.05) is 24.3 Å². The lowest BCUT2D eigenvalue weighted by Crippen LogP contribution is -2.44. The van der Waals surface area contributed by atoms with Gasteiger partial charge in [0, 0.05) is 53.7 Å². The molecule has 216 valence electrons. The van der Waals surface area contributed by atoms with Gasteiger partial charge in [-0.3, -0.25) is 10.1 Å². The average molecular weight is 582 g/mol. The number of nitro groups is 1. The molecule has 5 rings (SSSR count). The third-order valence-electron chi connectivity index (χ3n) is 7.77. The minimum absolute atomic E-state index is 0.0594. The molecule has 3 aromatic rings. The number of benzene rings is 2. The number of H-pyrrole nitrogens is 1. The molecule has 0 bridgehead atoms. The first-order valence-electron chi connectivity index (χ1n) is 13.2. The normalized spacial score (nSPS) is 22.8. The average Bonchev–Trinajstić information content (AvgIpc) is 3.36. The fourth-order valence-corrected chi connectivity index (χ4v) is 7.45. The fourth-order valence-electron chi connectivity index (χ4n) is 5.84. The molecule has 1 unspecified atom stereocenters. The van der Waals surface area contributed by atoms with Crippen molar-refractivity contribution in [1.29, 1.82) is 0 Å². The van der Waals surface area contributed by atoms with Gasteiger partial charge in [-0.15, -0.1) is 6.58 Å². The molecule has 2 aliphatic heterocycles. The van der Waals surface area contributed by atoms with Crippen molar-refractivity contribution >= 4 is 32.6 Å². The van der Waals surface area contributed by atoms with E-state index in [1.807, 2.05) is 31.2 Å². The maximum absolute atomic E-state index is 14.1. The number of esters is 1. The number of nitrogens with zero attached hydrogens (tertiary/aromatic N) is 2. The van der Waals surface area contributed by atoms with Gasteiger partial charge < -0.3 is 19.2 Å². The largest absolute Gasteiger partial charge is 0.471 e. The van der Waals surface area contributed by atoms with Crippen molar-refractivity contribution in [2.24, 2.45) is 11.8 Å². The molecule has 0 saturated carbocycles. The standard InChI is InChI=1S/C29H31N3O8S/c1-4-20-23(24(28(33)38-3)17-40-29(20)39-5-2)16-26-27-22(21-8-6-7-9-25(21)30-27)14-15-31(26)41(36,37)19-12-10-18(11-13-19)32(34)35/h4,6-13,17,20,23,26,29-30H,1,5,14-16H2,2-3H3/t20-,23+,26?,29-/m1/s1. The number of rotatable bonds is 9. The summed E-state index contributed by atoms with van der Waals surface area (Å²) in [5, 5.41) is 12.2. The van der Waals surface area contributed by atoms with E-state index in [9.17, 15) is 23.3 Å². The number of methoxy groups -OCH3 is 1. The first kappa shape index (κ1) is 28.5. The Bertz CT molecular complexity index is 1610. The van der Waals surface area contributed by atoms with Gasteiger partial charge in [0.1, 0.15) is 0 Å². The summed E-state index contributed by atoms with van der Waals surface area (Å²) in [7, 11) is -2.83. The van der Waals surface area contributed by atoms with Crippen LogP contribution in [-0.2, 0) is 35.4 Å². The predicted octanol–water partition coefficient (Wildman–Crippen LogP) is 4.62. The van der Waals surface area contributed by atoms with Gasteiger partial charge in [-0.05, 0) is 43.5 Å². The molecule has 11 nitrogen and oxygen atoms in total. The van der Waals surface area contributed by atoms with Gasteiger partial charge in [-0.25, -0.2) is 13.2 Å². The Labute approximate surface area is 237 Å². The second-order valence-electron chi connectivity index (χ2n) is 9.88. The number of non-ortho nitro benzene ring substituents is 1. The van der Waals surface area contributed by atoms with Crippen molar-refractivity contribution in [2.75, 3.05) is 20.3 Å². The summed E-state index contributed by atoms with van der Waals surface area (Å²) in [5.41, 5.74) is 2.66. The molecule has 0 radical (unpaired) electrons. The van der Waals surface area contributed by atoms with E-state index in [1.54, 1.807) is 6.08 Å². The van der Waals surface area contributed by atoms with Crippen LogP contribution in [0.4, 0.5) is 5.69 Å². The van der Waals surface area contributed by atoms with Crippen molar-refractivity contribution in [3.63, 3.8) is 0 Å². The highest BCUT2D eigenvalue weighted by Gasteiger charge is 2.45. The maximum Gasteiger partial charge on any atom is 0.337 e. The van der Waals surface area contributed by atoms with Crippen LogP contribution < -0.4 is 0 Å². The SMILES string of the molecule is C=C[C@H]1[C@H](OCC)OC=C(C(=O)OC)[C@H]1CC1c2[nH]c3ccccc3c2CCN1S(=O)(=O)c1ccc([N+](=O)[O-])cc1. The minimum Gasteiger partial charge on any atom is -0.471 e. The summed E-state index contributed by atoms with van der Waals surface area (Å²) in [4.78, 5) is 26.9. The van der Waals surface area contributed by atoms with Crippen molar-refractivity contribution in [1.82, 2.24) is 9.29 Å². The van der Waals surface area contributed by atoms with E-state index in [4.69, 9.17) is 14.2 Å². The van der Waals surface area contributed by atoms with Crippen LogP contribution in [0.3, 0.4) is 0 Å². The predicted molar refractivity (Wildman–Crippen MR) is 150 cm³/mol. The Hall–Kier alpha value is -4.00. The smallest absolute Gasteiger partial charge is 0.337 e. The second-order valence-corrected chi connectivity index (χ2v) is 11.8. The number of aromatic amines is 1. The molecular weight excluding hydrogens is 550 g/mol. The van der Waals surface area contributed by atoms with E-state index in [0.29, 0.717) is 13.0 Å². The Kier molecular flexibility index (Phi) is 7.98. The fraction of sp³-hybridized carbons (Fsp3) is 0.345. The monoisotopic (exact) mass is 581 g/mol. The van der Waals surface area contributed by atoms with Crippen LogP contribution in [0.5, 0.6) is 0 Å². The maximum atomic E-state index is 14.1. The topological polar surface area (TPSA) is 141 Å². The Morgan fingerprint density at radius 3 is 2.63 bits per heavy atom. The number of nitro benzene ring substituents is 1. The van der Waals surface area contributed by atoms with Gasteiger partial charge in [0.15, 0.2) is 0 Å². The van der Waals surface area contributed by atoms with Gasteiger partial charge in [0.25, 0.3) is 5.69 Å². The molecule has 41 heavy (non-hydrogen) atoms. The molecule has 2 aliphatic rings. The summed E-state index contributed by atoms with van der Waals surface area (Å²) in [6.45, 7) is 6.32. The zero-order valence-electron chi connectivity index (χ0n) is 22.7. The summed E-state index contributed by atoms with van der Waals surface area (Å²) < 4.78 is 46.2. The highest BCUT2D eigenvalue weighted by Crippen LogP contribution is 2.45. The van der Waals surface area contributed by atoms with E-state index < -0.39 is 45.1 Å². The molecule has 12 heteroatoms. The number of para-hydroxylation sites is 1. The molecule has 3 heterocycles. The van der Waals surface area contributed by atoms with Gasteiger partial charge in [-0.2, -0.15) is 4.31 Å². The Morgan fingerprint density at radius 2 is 1.98 bits per heavy atom. The quantitative estimate of drug-likeness (QED) is 0.167. The number of carbonyl (C=O) groups is 1. The third kappa shape index (κ3) is 5.14. The number of nitrogens with one attached hydrogen (secondary N) is 1. The summed E-state index contributed by atoms with van der Waals surface area (Å²) in [6.07, 6.45) is 2.92. The van der Waals surface area contributed by atoms with E-state index >= 15 is 0 Å². The van der Waals surface area contributed by atoms with E-state index in [2.05, 4.69) is 11.6 Å². The number of fused-ring (bicyclic) bond motifs is 3. The molecule has 0 saturated heterocycles. The molecule has 1 N–H and O–H groups in total. The van der Waals surface area contributed by atoms with Crippen LogP contribution >= 0.6 is 0 Å². The van der Waals surface area contributed by atoms with Crippen molar-refractivity contribution in [2.45, 2.75) is 37.0 Å². The van der Waals surface area contributed by atoms with E-state index in [1.165, 1.54) is 41.9 Å². The van der Waals surface area contributed by atoms with Gasteiger partial charge in [0.05, 0.1) is 34.8 Å². The molecule has 0 aliphatic carbocycles. The molecular formula is C29H31N3O8S. The Morgan fingerprint density at radius 1 is 1.24 bits per heavy atom. The second kappa shape index (κ2) is 11.5. The number of aromatic nitrogens is 1. The molecule has 0 amide bonds. The van der Waals surface area contributed by atoms with Crippen molar-refractivity contribution in [3.05, 3.63) is 94.4 Å². The highest BCUT2D eigenvalue weighted by molar-refractivity contribution is 7.89. The van der Waals surface area contributed by atoms with Crippen LogP contribution in [0, 0.1) is 22.0 Å². The van der Waals surface area contributed by atoms with Crippen molar-refractivity contribution < 1.29 is 32.3 Å².